The fourth-order valence-electron chi connectivity index (χ4n) is 0.444. The Hall–Kier alpha value is -1.59. The molecule has 6 heteroatoms. The summed E-state index contributed by atoms with van der Waals surface area (Å²) in [5, 5.41) is 9.94. The molecule has 0 aromatic heterocycles. The molecule has 0 bridgehead atoms. The van der Waals surface area contributed by atoms with Crippen LogP contribution in [-0.2, 0) is 9.53 Å². The molecule has 0 saturated carbocycles. The van der Waals surface area contributed by atoms with E-state index in [-0.39, 0.29) is 6.61 Å². The molecule has 0 aromatic rings. The van der Waals surface area contributed by atoms with Crippen molar-refractivity contribution in [3.63, 3.8) is 0 Å². The second kappa shape index (κ2) is 5.13. The van der Waals surface area contributed by atoms with Crippen LogP contribution in [-0.4, -0.2) is 23.8 Å². The summed E-state index contributed by atoms with van der Waals surface area (Å²) in [6.45, 7) is 2.67. The summed E-state index contributed by atoms with van der Waals surface area (Å²) in [5.74, 6) is -2.65. The van der Waals surface area contributed by atoms with Gasteiger partial charge in [-0.2, -0.15) is 4.39 Å². The van der Waals surface area contributed by atoms with Crippen LogP contribution >= 0.6 is 0 Å². The van der Waals surface area contributed by atoms with Crippen LogP contribution in [0.25, 0.3) is 0 Å². The van der Waals surface area contributed by atoms with Gasteiger partial charge in [-0.05, 0) is 13.8 Å². The van der Waals surface area contributed by atoms with E-state index in [0.29, 0.717) is 0 Å². The number of aliphatic carboxylic acids is 1. The summed E-state index contributed by atoms with van der Waals surface area (Å²) in [6.07, 6.45) is -1.01. The lowest BCUT2D eigenvalue weighted by Crippen LogP contribution is -2.23. The first-order valence-electron chi connectivity index (χ1n) is 3.52. The van der Waals surface area contributed by atoms with Gasteiger partial charge in [0.15, 0.2) is 0 Å². The lowest BCUT2D eigenvalue weighted by atomic mass is 10.3. The van der Waals surface area contributed by atoms with Gasteiger partial charge < -0.3 is 9.84 Å². The largest absolute Gasteiger partial charge is 0.478 e. The SMILES string of the molecule is CCOC(=O)NC(F)=C(C)C(=O)O. The Balaban J connectivity index is 4.28. The van der Waals surface area contributed by atoms with E-state index in [9.17, 15) is 14.0 Å². The molecule has 0 aliphatic heterocycles. The van der Waals surface area contributed by atoms with E-state index < -0.39 is 23.6 Å². The standard InChI is InChI=1S/C7H10FNO4/c1-3-13-7(12)9-5(8)4(2)6(10)11/h3H2,1-2H3,(H,9,12)(H,10,11). The Labute approximate surface area is 74.2 Å². The van der Waals surface area contributed by atoms with Gasteiger partial charge in [-0.1, -0.05) is 0 Å². The van der Waals surface area contributed by atoms with Gasteiger partial charge in [0, 0.05) is 0 Å². The molecular weight excluding hydrogens is 181 g/mol. The van der Waals surface area contributed by atoms with Crippen molar-refractivity contribution in [3.05, 3.63) is 11.5 Å². The highest BCUT2D eigenvalue weighted by atomic mass is 19.1. The Morgan fingerprint density at radius 3 is 2.46 bits per heavy atom. The molecule has 5 nitrogen and oxygen atoms in total. The van der Waals surface area contributed by atoms with E-state index in [4.69, 9.17) is 5.11 Å². The van der Waals surface area contributed by atoms with E-state index >= 15 is 0 Å². The first-order valence-corrected chi connectivity index (χ1v) is 3.52. The molecule has 0 unspecified atom stereocenters. The summed E-state index contributed by atoms with van der Waals surface area (Å²) in [6, 6.07) is 0. The van der Waals surface area contributed by atoms with Crippen molar-refractivity contribution in [2.45, 2.75) is 13.8 Å². The Kier molecular flexibility index (Phi) is 4.50. The number of carboxylic acid groups (broad SMARTS) is 1. The molecule has 2 N–H and O–H groups in total. The van der Waals surface area contributed by atoms with Gasteiger partial charge in [0.1, 0.15) is 0 Å². The number of hydrogen-bond acceptors (Lipinski definition) is 3. The highest BCUT2D eigenvalue weighted by Gasteiger charge is 2.11. The molecule has 13 heavy (non-hydrogen) atoms. The minimum absolute atomic E-state index is 0.0885. The van der Waals surface area contributed by atoms with Crippen LogP contribution in [0.5, 0.6) is 0 Å². The molecule has 0 heterocycles. The molecule has 0 aliphatic rings. The van der Waals surface area contributed by atoms with Crippen LogP contribution in [0.15, 0.2) is 11.5 Å². The average Bonchev–Trinajstić information content (AvgIpc) is 2.03. The highest BCUT2D eigenvalue weighted by Crippen LogP contribution is 2.02. The van der Waals surface area contributed by atoms with Crippen LogP contribution in [0.3, 0.4) is 0 Å². The number of carbonyl (C=O) groups is 2. The van der Waals surface area contributed by atoms with Crippen molar-refractivity contribution in [2.75, 3.05) is 6.61 Å². The molecule has 0 aliphatic carbocycles. The Morgan fingerprint density at radius 1 is 1.54 bits per heavy atom. The number of rotatable bonds is 3. The molecule has 1 amide bonds. The number of nitrogens with one attached hydrogen (secondary N) is 1. The zero-order valence-corrected chi connectivity index (χ0v) is 7.26. The van der Waals surface area contributed by atoms with Gasteiger partial charge in [0.05, 0.1) is 12.2 Å². The molecule has 0 radical (unpaired) electrons. The zero-order chi connectivity index (χ0) is 10.4. The molecule has 0 atom stereocenters. The fourth-order valence-corrected chi connectivity index (χ4v) is 0.444. The van der Waals surface area contributed by atoms with Crippen LogP contribution in [0.1, 0.15) is 13.8 Å². The predicted molar refractivity (Wildman–Crippen MR) is 41.6 cm³/mol. The first-order chi connectivity index (χ1) is 5.99. The number of carbonyl (C=O) groups excluding carboxylic acids is 1. The van der Waals surface area contributed by atoms with Crippen molar-refractivity contribution in [3.8, 4) is 0 Å². The van der Waals surface area contributed by atoms with Crippen molar-refractivity contribution in [1.29, 1.82) is 0 Å². The predicted octanol–water partition coefficient (Wildman–Crippen LogP) is 1.02. The van der Waals surface area contributed by atoms with Crippen molar-refractivity contribution in [1.82, 2.24) is 5.32 Å². The number of ether oxygens (including phenoxy) is 1. The van der Waals surface area contributed by atoms with E-state index in [1.54, 1.807) is 12.2 Å². The van der Waals surface area contributed by atoms with Gasteiger partial charge in [0.2, 0.25) is 5.95 Å². The van der Waals surface area contributed by atoms with Crippen LogP contribution in [0.4, 0.5) is 9.18 Å². The van der Waals surface area contributed by atoms with E-state index in [1.165, 1.54) is 0 Å². The van der Waals surface area contributed by atoms with E-state index in [0.717, 1.165) is 6.92 Å². The third-order valence-electron chi connectivity index (χ3n) is 1.14. The topological polar surface area (TPSA) is 75.6 Å². The number of halogens is 1. The lowest BCUT2D eigenvalue weighted by molar-refractivity contribution is -0.132. The first kappa shape index (κ1) is 11.4. The number of hydrogen-bond donors (Lipinski definition) is 2. The van der Waals surface area contributed by atoms with Crippen molar-refractivity contribution in [2.24, 2.45) is 0 Å². The third-order valence-corrected chi connectivity index (χ3v) is 1.14. The van der Waals surface area contributed by atoms with E-state index in [1.807, 2.05) is 0 Å². The van der Waals surface area contributed by atoms with Gasteiger partial charge in [-0.3, -0.25) is 5.32 Å². The smallest absolute Gasteiger partial charge is 0.413 e. The second-order valence-electron chi connectivity index (χ2n) is 2.09. The maximum atomic E-state index is 12.7. The minimum Gasteiger partial charge on any atom is -0.478 e. The fraction of sp³-hybridized carbons (Fsp3) is 0.429. The third kappa shape index (κ3) is 4.09. The van der Waals surface area contributed by atoms with Gasteiger partial charge >= 0.3 is 12.1 Å². The maximum absolute atomic E-state index is 12.7. The molecule has 0 spiro atoms. The number of alkyl carbamates (subject to hydrolysis) is 1. The van der Waals surface area contributed by atoms with Crippen LogP contribution in [0.2, 0.25) is 0 Å². The normalized spacial score (nSPS) is 11.6. The van der Waals surface area contributed by atoms with Crippen molar-refractivity contribution < 1.29 is 23.8 Å². The van der Waals surface area contributed by atoms with Crippen LogP contribution < -0.4 is 5.32 Å². The summed E-state index contributed by atoms with van der Waals surface area (Å²) >= 11 is 0. The van der Waals surface area contributed by atoms with Gasteiger partial charge in [0.25, 0.3) is 0 Å². The second-order valence-corrected chi connectivity index (χ2v) is 2.09. The highest BCUT2D eigenvalue weighted by molar-refractivity contribution is 5.87. The molecule has 0 rings (SSSR count). The monoisotopic (exact) mass is 191 g/mol. The summed E-state index contributed by atoms with van der Waals surface area (Å²) in [7, 11) is 0. The quantitative estimate of drug-likeness (QED) is 0.515. The number of amides is 1. The average molecular weight is 191 g/mol. The van der Waals surface area contributed by atoms with Crippen LogP contribution in [0, 0.1) is 0 Å². The Morgan fingerprint density at radius 2 is 2.08 bits per heavy atom. The maximum Gasteiger partial charge on any atom is 0.413 e. The molecule has 0 saturated heterocycles. The summed E-state index contributed by atoms with van der Waals surface area (Å²) in [5.41, 5.74) is -0.576. The molecule has 0 fully saturated rings. The summed E-state index contributed by atoms with van der Waals surface area (Å²) in [4.78, 5) is 20.8. The zero-order valence-electron chi connectivity index (χ0n) is 7.26. The number of carboxylic acids is 1. The van der Waals surface area contributed by atoms with E-state index in [2.05, 4.69) is 4.74 Å². The lowest BCUT2D eigenvalue weighted by Gasteiger charge is -2.03. The van der Waals surface area contributed by atoms with Gasteiger partial charge in [-0.25, -0.2) is 9.59 Å². The Bertz CT molecular complexity index is 249. The molecule has 74 valence electrons. The van der Waals surface area contributed by atoms with Crippen molar-refractivity contribution >= 4 is 12.1 Å². The summed E-state index contributed by atoms with van der Waals surface area (Å²) < 4.78 is 17.0. The molecular formula is C7H10FNO4. The van der Waals surface area contributed by atoms with Gasteiger partial charge in [-0.15, -0.1) is 0 Å². The minimum atomic E-state index is -1.44. The molecule has 0 aromatic carbocycles.